The maximum absolute atomic E-state index is 13.1. The first-order valence-corrected chi connectivity index (χ1v) is 4.21. The lowest BCUT2D eigenvalue weighted by molar-refractivity contribution is -0.167. The minimum absolute atomic E-state index is 0.373. The maximum atomic E-state index is 13.1. The van der Waals surface area contributed by atoms with Crippen molar-refractivity contribution in [2.24, 2.45) is 0 Å². The Labute approximate surface area is 77.9 Å². The van der Waals surface area contributed by atoms with Crippen LogP contribution in [-0.2, 0) is 23.6 Å². The fourth-order valence-electron chi connectivity index (χ4n) is 1.68. The quantitative estimate of drug-likeness (QED) is 0.753. The minimum Gasteiger partial charge on any atom is -0.476 e. The second-order valence-electron chi connectivity index (χ2n) is 3.26. The van der Waals surface area contributed by atoms with Crippen molar-refractivity contribution in [2.45, 2.75) is 25.2 Å². The molecule has 1 aliphatic rings. The number of fused-ring (bicyclic) bond motifs is 1. The van der Waals surface area contributed by atoms with Gasteiger partial charge in [-0.15, -0.1) is 0 Å². The molecule has 0 saturated heterocycles. The smallest absolute Gasteiger partial charge is 0.386 e. The second kappa shape index (κ2) is 2.76. The molecule has 0 amide bonds. The summed E-state index contributed by atoms with van der Waals surface area (Å²) in [5, 5.41) is 14.2. The molecule has 0 aromatic carbocycles. The average Bonchev–Trinajstić information content (AvgIpc) is 2.61. The highest BCUT2D eigenvalue weighted by atomic mass is 19.3. The molecule has 1 heterocycles. The Morgan fingerprint density at radius 2 is 2.21 bits per heavy atom. The molecule has 2 N–H and O–H groups in total. The van der Waals surface area contributed by atoms with Gasteiger partial charge in [0.05, 0.1) is 0 Å². The lowest BCUT2D eigenvalue weighted by Crippen LogP contribution is -2.27. The normalized spacial score (nSPS) is 15.6. The van der Waals surface area contributed by atoms with Gasteiger partial charge < -0.3 is 5.11 Å². The van der Waals surface area contributed by atoms with Crippen molar-refractivity contribution in [3.63, 3.8) is 0 Å². The fraction of sp³-hybridized carbons (Fsp3) is 0.500. The zero-order valence-corrected chi connectivity index (χ0v) is 7.18. The van der Waals surface area contributed by atoms with Gasteiger partial charge in [0.1, 0.15) is 5.69 Å². The van der Waals surface area contributed by atoms with Gasteiger partial charge in [0, 0.05) is 11.3 Å². The summed E-state index contributed by atoms with van der Waals surface area (Å²) in [5.74, 6) is -6.03. The van der Waals surface area contributed by atoms with Crippen molar-refractivity contribution in [3.8, 4) is 0 Å². The molecular weight excluding hydrogens is 194 g/mol. The fourth-order valence-corrected chi connectivity index (χ4v) is 1.68. The van der Waals surface area contributed by atoms with Crippen LogP contribution < -0.4 is 0 Å². The first-order valence-electron chi connectivity index (χ1n) is 4.21. The number of aromatic nitrogens is 2. The Morgan fingerprint density at radius 1 is 1.50 bits per heavy atom. The van der Waals surface area contributed by atoms with Crippen molar-refractivity contribution < 1.29 is 18.7 Å². The molecule has 0 fully saturated rings. The molecule has 0 radical (unpaired) electrons. The molecule has 0 unspecified atom stereocenters. The number of carbonyl (C=O) groups is 1. The Hall–Kier alpha value is -1.46. The first kappa shape index (κ1) is 9.11. The predicted octanol–water partition coefficient (Wildman–Crippen LogP) is 1.07. The third-order valence-electron chi connectivity index (χ3n) is 2.37. The third-order valence-corrected chi connectivity index (χ3v) is 2.37. The van der Waals surface area contributed by atoms with Gasteiger partial charge in [-0.2, -0.15) is 13.9 Å². The van der Waals surface area contributed by atoms with Gasteiger partial charge in [-0.3, -0.25) is 5.10 Å². The summed E-state index contributed by atoms with van der Waals surface area (Å²) in [6.07, 6.45) is 1.91. The number of aliphatic carboxylic acids is 1. The van der Waals surface area contributed by atoms with E-state index in [0.29, 0.717) is 24.1 Å². The van der Waals surface area contributed by atoms with Crippen molar-refractivity contribution >= 4 is 5.97 Å². The molecule has 76 valence electrons. The number of nitrogens with one attached hydrogen (secondary N) is 1. The SMILES string of the molecule is O=C(O)C(F)(F)c1n[nH]c2c1CCC2. The van der Waals surface area contributed by atoms with Crippen molar-refractivity contribution in [3.05, 3.63) is 17.0 Å². The number of rotatable bonds is 2. The first-order chi connectivity index (χ1) is 6.53. The summed E-state index contributed by atoms with van der Waals surface area (Å²) in [5.41, 5.74) is 0.385. The van der Waals surface area contributed by atoms with Gasteiger partial charge >= 0.3 is 11.9 Å². The van der Waals surface area contributed by atoms with Crippen LogP contribution in [-0.4, -0.2) is 21.3 Å². The van der Waals surface area contributed by atoms with Crippen LogP contribution in [0.1, 0.15) is 23.4 Å². The largest absolute Gasteiger partial charge is 0.476 e. The van der Waals surface area contributed by atoms with Gasteiger partial charge in [0.15, 0.2) is 0 Å². The number of aryl methyl sites for hydroxylation is 1. The summed E-state index contributed by atoms with van der Waals surface area (Å²) in [7, 11) is 0. The van der Waals surface area contributed by atoms with E-state index in [9.17, 15) is 13.6 Å². The van der Waals surface area contributed by atoms with E-state index in [0.717, 1.165) is 6.42 Å². The third kappa shape index (κ3) is 1.10. The van der Waals surface area contributed by atoms with Gasteiger partial charge in [-0.1, -0.05) is 0 Å². The number of halogens is 2. The average molecular weight is 202 g/mol. The highest BCUT2D eigenvalue weighted by molar-refractivity contribution is 5.77. The number of carboxylic acid groups (broad SMARTS) is 1. The molecule has 1 aromatic heterocycles. The second-order valence-corrected chi connectivity index (χ2v) is 3.26. The Balaban J connectivity index is 2.47. The Bertz CT molecular complexity index is 387. The van der Waals surface area contributed by atoms with Gasteiger partial charge in [-0.25, -0.2) is 4.79 Å². The number of nitrogens with zero attached hydrogens (tertiary/aromatic N) is 1. The Morgan fingerprint density at radius 3 is 2.86 bits per heavy atom. The van der Waals surface area contributed by atoms with E-state index in [1.165, 1.54) is 0 Å². The van der Waals surface area contributed by atoms with Crippen molar-refractivity contribution in [2.75, 3.05) is 0 Å². The van der Waals surface area contributed by atoms with E-state index in [-0.39, 0.29) is 0 Å². The summed E-state index contributed by atoms with van der Waals surface area (Å²) in [6.45, 7) is 0. The topological polar surface area (TPSA) is 66.0 Å². The van der Waals surface area contributed by atoms with E-state index < -0.39 is 17.6 Å². The molecular formula is C8H8F2N2O2. The van der Waals surface area contributed by atoms with E-state index in [2.05, 4.69) is 10.2 Å². The highest BCUT2D eigenvalue weighted by Gasteiger charge is 2.46. The van der Waals surface area contributed by atoms with Gasteiger partial charge in [-0.05, 0) is 19.3 Å². The molecule has 1 aliphatic carbocycles. The lowest BCUT2D eigenvalue weighted by Gasteiger charge is -2.08. The van der Waals surface area contributed by atoms with Crippen LogP contribution in [0.3, 0.4) is 0 Å². The van der Waals surface area contributed by atoms with Crippen LogP contribution in [0, 0.1) is 0 Å². The molecule has 0 saturated carbocycles. The zero-order chi connectivity index (χ0) is 10.3. The van der Waals surface area contributed by atoms with Crippen molar-refractivity contribution in [1.82, 2.24) is 10.2 Å². The number of carboxylic acids is 1. The van der Waals surface area contributed by atoms with Crippen LogP contribution >= 0.6 is 0 Å². The standard InChI is InChI=1S/C8H8F2N2O2/c9-8(10,7(13)14)6-4-2-1-3-5(4)11-12-6/h1-3H2,(H,11,12)(H,13,14). The van der Waals surface area contributed by atoms with Crippen LogP contribution in [0.4, 0.5) is 8.78 Å². The molecule has 0 spiro atoms. The molecule has 4 nitrogen and oxygen atoms in total. The lowest BCUT2D eigenvalue weighted by atomic mass is 10.1. The van der Waals surface area contributed by atoms with Crippen LogP contribution in [0.5, 0.6) is 0 Å². The minimum atomic E-state index is -3.88. The van der Waals surface area contributed by atoms with E-state index in [4.69, 9.17) is 5.11 Å². The molecule has 1 aromatic rings. The summed E-state index contributed by atoms with van der Waals surface area (Å²) < 4.78 is 26.2. The Kier molecular flexibility index (Phi) is 1.80. The predicted molar refractivity (Wildman–Crippen MR) is 42.1 cm³/mol. The number of hydrogen-bond acceptors (Lipinski definition) is 2. The molecule has 0 aliphatic heterocycles. The number of hydrogen-bond donors (Lipinski definition) is 2. The molecule has 0 bridgehead atoms. The van der Waals surface area contributed by atoms with Crippen molar-refractivity contribution in [1.29, 1.82) is 0 Å². The number of alkyl halides is 2. The number of aromatic amines is 1. The molecule has 0 atom stereocenters. The number of H-pyrrole nitrogens is 1. The molecule has 2 rings (SSSR count). The van der Waals surface area contributed by atoms with Gasteiger partial charge in [0.2, 0.25) is 0 Å². The maximum Gasteiger partial charge on any atom is 0.386 e. The zero-order valence-electron chi connectivity index (χ0n) is 7.18. The molecule has 6 heteroatoms. The summed E-state index contributed by atoms with van der Waals surface area (Å²) >= 11 is 0. The summed E-state index contributed by atoms with van der Waals surface area (Å²) in [6, 6.07) is 0. The van der Waals surface area contributed by atoms with E-state index in [1.807, 2.05) is 0 Å². The van der Waals surface area contributed by atoms with E-state index in [1.54, 1.807) is 0 Å². The van der Waals surface area contributed by atoms with Crippen LogP contribution in [0.25, 0.3) is 0 Å². The van der Waals surface area contributed by atoms with Crippen LogP contribution in [0.15, 0.2) is 0 Å². The monoisotopic (exact) mass is 202 g/mol. The van der Waals surface area contributed by atoms with Crippen LogP contribution in [0.2, 0.25) is 0 Å². The molecule has 14 heavy (non-hydrogen) atoms. The van der Waals surface area contributed by atoms with Gasteiger partial charge in [0.25, 0.3) is 0 Å². The summed E-state index contributed by atoms with van der Waals surface area (Å²) in [4.78, 5) is 10.3. The highest BCUT2D eigenvalue weighted by Crippen LogP contribution is 2.34. The van der Waals surface area contributed by atoms with E-state index >= 15 is 0 Å².